The van der Waals surface area contributed by atoms with Crippen LogP contribution in [0.25, 0.3) is 22.2 Å². The lowest BCUT2D eigenvalue weighted by Gasteiger charge is -2.43. The van der Waals surface area contributed by atoms with Gasteiger partial charge in [-0.2, -0.15) is 18.4 Å². The van der Waals surface area contributed by atoms with Crippen molar-refractivity contribution in [1.82, 2.24) is 14.6 Å². The highest BCUT2D eigenvalue weighted by molar-refractivity contribution is 7.92. The number of benzene rings is 3. The molecule has 0 radical (unpaired) electrons. The number of carbonyl (C=O) groups is 3. The number of fused-ring (bicyclic) bond motifs is 2. The maximum Gasteiger partial charge on any atom is 0.428 e. The minimum absolute atomic E-state index is 0.0226. The highest BCUT2D eigenvalue weighted by atomic mass is 32.2. The van der Waals surface area contributed by atoms with Crippen LogP contribution in [-0.4, -0.2) is 72.1 Å². The number of H-pyrrole nitrogens is 1. The van der Waals surface area contributed by atoms with Gasteiger partial charge >= 0.3 is 6.18 Å². The van der Waals surface area contributed by atoms with Gasteiger partial charge in [0.2, 0.25) is 17.4 Å². The van der Waals surface area contributed by atoms with E-state index >= 15 is 0 Å². The van der Waals surface area contributed by atoms with Gasteiger partial charge in [-0.05, 0) is 79.8 Å². The quantitative estimate of drug-likeness (QED) is 0.0579. The van der Waals surface area contributed by atoms with Crippen molar-refractivity contribution in [1.29, 1.82) is 5.26 Å². The lowest BCUT2D eigenvalue weighted by atomic mass is 9.86. The molecule has 0 spiro atoms. The summed E-state index contributed by atoms with van der Waals surface area (Å²) in [6, 6.07) is 20.5. The van der Waals surface area contributed by atoms with Crippen molar-refractivity contribution < 1.29 is 41.2 Å². The largest absolute Gasteiger partial charge is 0.492 e. The van der Waals surface area contributed by atoms with Crippen LogP contribution in [0.2, 0.25) is 0 Å². The zero-order valence-corrected chi connectivity index (χ0v) is 30.6. The predicted molar refractivity (Wildman–Crippen MR) is 200 cm³/mol. The zero-order chi connectivity index (χ0) is 38.6. The lowest BCUT2D eigenvalue weighted by molar-refractivity contribution is -0.260. The number of para-hydroxylation sites is 1. The number of nitrogens with zero attached hydrogens (tertiary/aromatic N) is 2. The topological polar surface area (TPSA) is 146 Å². The number of hydrogen-bond donors (Lipinski definition) is 3. The summed E-state index contributed by atoms with van der Waals surface area (Å²) >= 11 is 1.14. The van der Waals surface area contributed by atoms with E-state index in [0.717, 1.165) is 44.2 Å². The molecule has 1 atom stereocenters. The van der Waals surface area contributed by atoms with E-state index in [1.807, 2.05) is 0 Å². The summed E-state index contributed by atoms with van der Waals surface area (Å²) in [5.74, 6) is -1.08. The number of piperidine rings is 1. The minimum atomic E-state index is -4.76. The fraction of sp³-hybridized carbons (Fsp3) is 0.400. The molecule has 3 heterocycles. The molecule has 1 aliphatic carbocycles. The Kier molecular flexibility index (Phi) is 11.4. The van der Waals surface area contributed by atoms with E-state index in [2.05, 4.69) is 21.1 Å². The lowest BCUT2D eigenvalue weighted by Crippen LogP contribution is -2.58. The molecular weight excluding hydrogens is 736 g/mol. The first-order valence-electron chi connectivity index (χ1n) is 18.3. The fourth-order valence-electron chi connectivity index (χ4n) is 7.56. The van der Waals surface area contributed by atoms with Crippen molar-refractivity contribution in [3.63, 3.8) is 0 Å². The molecule has 1 saturated carbocycles. The maximum atomic E-state index is 15.0. The molecule has 1 unspecified atom stereocenters. The van der Waals surface area contributed by atoms with Crippen LogP contribution in [0.3, 0.4) is 0 Å². The number of rotatable bonds is 12. The molecule has 1 aromatic heterocycles. The summed E-state index contributed by atoms with van der Waals surface area (Å²) in [5.41, 5.74) is 0.433. The van der Waals surface area contributed by atoms with Gasteiger partial charge in [-0.25, -0.2) is 4.72 Å². The van der Waals surface area contributed by atoms with E-state index in [4.69, 9.17) is 13.7 Å². The first-order chi connectivity index (χ1) is 26.6. The Balaban J connectivity index is 0.994. The second-order valence-corrected chi connectivity index (χ2v) is 14.8. The number of aldehydes is 1. The summed E-state index contributed by atoms with van der Waals surface area (Å²) in [6.07, 6.45) is -1.50. The van der Waals surface area contributed by atoms with Crippen molar-refractivity contribution in [2.24, 2.45) is 5.92 Å². The summed E-state index contributed by atoms with van der Waals surface area (Å²) in [5, 5.41) is 13.0. The smallest absolute Gasteiger partial charge is 0.428 e. The normalized spacial score (nSPS) is 20.9. The number of aromatic nitrogens is 1. The summed E-state index contributed by atoms with van der Waals surface area (Å²) in [7, 11) is 0. The van der Waals surface area contributed by atoms with E-state index in [0.29, 0.717) is 51.3 Å². The van der Waals surface area contributed by atoms with Crippen LogP contribution in [0.1, 0.15) is 62.0 Å². The van der Waals surface area contributed by atoms with E-state index in [-0.39, 0.29) is 49.8 Å². The number of ether oxygens (including phenoxy) is 2. The Morgan fingerprint density at radius 3 is 2.58 bits per heavy atom. The summed E-state index contributed by atoms with van der Waals surface area (Å²) in [4.78, 5) is 42.2. The van der Waals surface area contributed by atoms with Crippen molar-refractivity contribution in [3.8, 4) is 28.8 Å². The van der Waals surface area contributed by atoms with Crippen molar-refractivity contribution in [2.75, 3.05) is 31.6 Å². The molecule has 1 saturated heterocycles. The van der Waals surface area contributed by atoms with Crippen molar-refractivity contribution >= 4 is 46.9 Å². The molecule has 55 heavy (non-hydrogen) atoms. The number of likely N-dealkylation sites (tertiary alicyclic amines) is 1. The van der Waals surface area contributed by atoms with Crippen molar-refractivity contribution in [3.05, 3.63) is 77.9 Å². The third-order valence-electron chi connectivity index (χ3n) is 10.7. The Hall–Kier alpha value is -5.04. The van der Waals surface area contributed by atoms with Gasteiger partial charge in [-0.3, -0.25) is 13.8 Å². The highest BCUT2D eigenvalue weighted by Gasteiger charge is 2.59. The summed E-state index contributed by atoms with van der Waals surface area (Å²) < 4.78 is 65.7. The average molecular weight is 776 g/mol. The predicted octanol–water partition coefficient (Wildman–Crippen LogP) is 7.44. The van der Waals surface area contributed by atoms with Crippen LogP contribution < -0.4 is 19.5 Å². The molecule has 2 amide bonds. The molecular formula is C40H40F3N5O6S. The van der Waals surface area contributed by atoms with Crippen molar-refractivity contribution in [2.45, 2.75) is 68.7 Å². The molecule has 2 aliphatic heterocycles. The fourth-order valence-corrected chi connectivity index (χ4v) is 8.13. The molecule has 2 fully saturated rings. The summed E-state index contributed by atoms with van der Waals surface area (Å²) in [6.45, 7) is 0.279. The van der Waals surface area contributed by atoms with E-state index in [1.54, 1.807) is 60.7 Å². The number of amides is 2. The number of nitriles is 1. The van der Waals surface area contributed by atoms with Crippen LogP contribution in [0.15, 0.2) is 66.7 Å². The molecule has 3 aliphatic rings. The Labute approximate surface area is 320 Å². The second-order valence-electron chi connectivity index (χ2n) is 14.1. The number of carbonyl (C=O) groups excluding carboxylic acids is 3. The van der Waals surface area contributed by atoms with Gasteiger partial charge in [0, 0.05) is 67.0 Å². The molecule has 15 heteroatoms. The monoisotopic (exact) mass is 775 g/mol. The van der Waals surface area contributed by atoms with Gasteiger partial charge in [0.25, 0.3) is 0 Å². The SMILES string of the molecule is N#Cc1cccc2[nH]c(-c3ccccc3OC3(C(F)(F)F)CCN(C(=O)C4CC(=O)Nc5ccc(OCCNSOC6CCC(C=O)CC6)cc54)CC3)cc12. The highest BCUT2D eigenvalue weighted by Crippen LogP contribution is 2.46. The van der Waals surface area contributed by atoms with Gasteiger partial charge in [-0.15, -0.1) is 0 Å². The van der Waals surface area contributed by atoms with Crippen LogP contribution in [0.4, 0.5) is 18.9 Å². The molecule has 3 aromatic carbocycles. The molecule has 4 aromatic rings. The Bertz CT molecular complexity index is 2090. The number of hydrogen-bond acceptors (Lipinski definition) is 9. The number of alkyl halides is 3. The number of halogens is 3. The van der Waals surface area contributed by atoms with Crippen LogP contribution in [0.5, 0.6) is 11.5 Å². The Morgan fingerprint density at radius 1 is 1.05 bits per heavy atom. The third kappa shape index (κ3) is 8.31. The number of aromatic amines is 1. The van der Waals surface area contributed by atoms with Gasteiger partial charge in [0.05, 0.1) is 41.6 Å². The van der Waals surface area contributed by atoms with Crippen LogP contribution >= 0.6 is 12.2 Å². The van der Waals surface area contributed by atoms with E-state index in [9.17, 15) is 32.8 Å². The minimum Gasteiger partial charge on any atom is -0.492 e. The molecule has 7 rings (SSSR count). The first-order valence-corrected chi connectivity index (χ1v) is 19.0. The second kappa shape index (κ2) is 16.4. The van der Waals surface area contributed by atoms with Gasteiger partial charge in [0.1, 0.15) is 24.4 Å². The molecule has 288 valence electrons. The first kappa shape index (κ1) is 38.2. The van der Waals surface area contributed by atoms with Gasteiger partial charge < -0.3 is 29.5 Å². The maximum absolute atomic E-state index is 15.0. The van der Waals surface area contributed by atoms with Crippen LogP contribution in [0, 0.1) is 17.2 Å². The molecule has 0 bridgehead atoms. The average Bonchev–Trinajstić information content (AvgIpc) is 3.64. The standard InChI is InChI=1S/C40H40F3N5O6S/c41-40(42,43)39(53-36-7-2-1-5-29(36)35-21-30-26(23-44)4-3-6-33(30)46-35)14-17-48(18-15-39)38(51)32-22-37(50)47-34-13-12-28(20-31(32)34)52-19-16-45-55-54-27-10-8-25(24-49)9-11-27/h1-7,12-13,20-21,24-25,27,32,45-46H,8-11,14-19,22H2,(H,47,50). The number of anilines is 1. The third-order valence-corrected chi connectivity index (χ3v) is 11.3. The van der Waals surface area contributed by atoms with Gasteiger partial charge in [-0.1, -0.05) is 18.2 Å². The molecule has 3 N–H and O–H groups in total. The van der Waals surface area contributed by atoms with Crippen LogP contribution in [-0.2, 0) is 18.6 Å². The number of nitrogens with one attached hydrogen (secondary N) is 3. The van der Waals surface area contributed by atoms with E-state index < -0.39 is 36.4 Å². The Morgan fingerprint density at radius 2 is 1.84 bits per heavy atom. The zero-order valence-electron chi connectivity index (χ0n) is 29.8. The van der Waals surface area contributed by atoms with Gasteiger partial charge in [0.15, 0.2) is 0 Å². The molecule has 11 nitrogen and oxygen atoms in total. The van der Waals surface area contributed by atoms with E-state index in [1.165, 1.54) is 11.0 Å².